The lowest BCUT2D eigenvalue weighted by atomic mass is 10.2. The Morgan fingerprint density at radius 2 is 1.71 bits per heavy atom. The first-order valence-electron chi connectivity index (χ1n) is 4.96. The molecule has 0 spiro atoms. The number of phenols is 1. The van der Waals surface area contributed by atoms with Crippen molar-refractivity contribution in [2.75, 3.05) is 5.32 Å². The van der Waals surface area contributed by atoms with Crippen LogP contribution in [-0.4, -0.2) is 10.0 Å². The predicted molar refractivity (Wildman–Crippen MR) is 64.5 cm³/mol. The van der Waals surface area contributed by atoms with Crippen molar-refractivity contribution in [3.63, 3.8) is 0 Å². The number of nitrogens with one attached hydrogen (secondary N) is 1. The summed E-state index contributed by atoms with van der Waals surface area (Å²) in [5, 5.41) is 22.9. The summed E-state index contributed by atoms with van der Waals surface area (Å²) >= 11 is 0. The van der Waals surface area contributed by atoms with Gasteiger partial charge in [-0.15, -0.1) is 0 Å². The molecule has 0 unspecified atom stereocenters. The standard InChI is InChI=1S/C12H10N2O3/c15-12-6-2-4-10(8-12)13-9-3-1-5-11(7-9)14(16)17/h1-8,13,15H. The van der Waals surface area contributed by atoms with Crippen LogP contribution >= 0.6 is 0 Å². The Hall–Kier alpha value is -2.56. The molecule has 0 atom stereocenters. The van der Waals surface area contributed by atoms with Crippen molar-refractivity contribution < 1.29 is 10.0 Å². The summed E-state index contributed by atoms with van der Waals surface area (Å²) in [6.07, 6.45) is 0. The Labute approximate surface area is 97.5 Å². The average molecular weight is 230 g/mol. The molecular formula is C12H10N2O3. The molecule has 5 heteroatoms. The van der Waals surface area contributed by atoms with Crippen LogP contribution in [0.25, 0.3) is 0 Å². The number of aromatic hydroxyl groups is 1. The Kier molecular flexibility index (Phi) is 2.91. The normalized spacial score (nSPS) is 9.88. The predicted octanol–water partition coefficient (Wildman–Crippen LogP) is 3.04. The van der Waals surface area contributed by atoms with E-state index in [1.165, 1.54) is 12.1 Å². The Morgan fingerprint density at radius 3 is 2.35 bits per heavy atom. The fourth-order valence-corrected chi connectivity index (χ4v) is 1.45. The molecule has 2 N–H and O–H groups in total. The van der Waals surface area contributed by atoms with Crippen LogP contribution in [0.15, 0.2) is 48.5 Å². The highest BCUT2D eigenvalue weighted by atomic mass is 16.6. The van der Waals surface area contributed by atoms with Gasteiger partial charge in [-0.1, -0.05) is 12.1 Å². The third kappa shape index (κ3) is 2.72. The summed E-state index contributed by atoms with van der Waals surface area (Å²) < 4.78 is 0. The minimum Gasteiger partial charge on any atom is -0.508 e. The van der Waals surface area contributed by atoms with Gasteiger partial charge in [0.15, 0.2) is 0 Å². The molecule has 0 heterocycles. The van der Waals surface area contributed by atoms with Crippen LogP contribution in [-0.2, 0) is 0 Å². The van der Waals surface area contributed by atoms with Gasteiger partial charge in [-0.25, -0.2) is 0 Å². The second-order valence-electron chi connectivity index (χ2n) is 3.48. The Bertz CT molecular complexity index is 555. The van der Waals surface area contributed by atoms with Gasteiger partial charge in [0.2, 0.25) is 0 Å². The minimum absolute atomic E-state index is 0.0233. The van der Waals surface area contributed by atoms with Crippen molar-refractivity contribution in [2.24, 2.45) is 0 Å². The lowest BCUT2D eigenvalue weighted by Gasteiger charge is -2.06. The summed E-state index contributed by atoms with van der Waals surface area (Å²) in [5.74, 6) is 0.139. The molecule has 0 amide bonds. The molecule has 0 bridgehead atoms. The maximum absolute atomic E-state index is 10.6. The molecule has 0 saturated heterocycles. The fraction of sp³-hybridized carbons (Fsp3) is 0. The number of nitro groups is 1. The van der Waals surface area contributed by atoms with Gasteiger partial charge in [0.05, 0.1) is 4.92 Å². The molecule has 0 aromatic heterocycles. The topological polar surface area (TPSA) is 75.4 Å². The number of benzene rings is 2. The molecule has 2 rings (SSSR count). The van der Waals surface area contributed by atoms with E-state index >= 15 is 0 Å². The van der Waals surface area contributed by atoms with E-state index in [1.807, 2.05) is 0 Å². The summed E-state index contributed by atoms with van der Waals surface area (Å²) in [5.41, 5.74) is 1.30. The minimum atomic E-state index is -0.451. The first-order valence-corrected chi connectivity index (χ1v) is 4.96. The summed E-state index contributed by atoms with van der Waals surface area (Å²) in [7, 11) is 0. The van der Waals surface area contributed by atoms with E-state index < -0.39 is 4.92 Å². The third-order valence-corrected chi connectivity index (χ3v) is 2.19. The van der Waals surface area contributed by atoms with Crippen LogP contribution in [0.3, 0.4) is 0 Å². The van der Waals surface area contributed by atoms with Gasteiger partial charge < -0.3 is 10.4 Å². The molecule has 0 fully saturated rings. The van der Waals surface area contributed by atoms with Crippen LogP contribution in [0.2, 0.25) is 0 Å². The number of rotatable bonds is 3. The van der Waals surface area contributed by atoms with Crippen molar-refractivity contribution >= 4 is 17.1 Å². The van der Waals surface area contributed by atoms with Crippen molar-refractivity contribution in [1.29, 1.82) is 0 Å². The zero-order chi connectivity index (χ0) is 12.3. The first-order chi connectivity index (χ1) is 8.15. The van der Waals surface area contributed by atoms with E-state index in [2.05, 4.69) is 5.32 Å². The quantitative estimate of drug-likeness (QED) is 0.627. The van der Waals surface area contributed by atoms with Crippen molar-refractivity contribution in [2.45, 2.75) is 0 Å². The number of nitro benzene ring substituents is 1. The van der Waals surface area contributed by atoms with E-state index in [0.29, 0.717) is 11.4 Å². The SMILES string of the molecule is O=[N+]([O-])c1cccc(Nc2cccc(O)c2)c1. The molecule has 0 aliphatic heterocycles. The van der Waals surface area contributed by atoms with Crippen LogP contribution in [0.1, 0.15) is 0 Å². The molecule has 0 radical (unpaired) electrons. The van der Waals surface area contributed by atoms with Crippen LogP contribution in [0.4, 0.5) is 17.1 Å². The van der Waals surface area contributed by atoms with Crippen molar-refractivity contribution in [1.82, 2.24) is 0 Å². The lowest BCUT2D eigenvalue weighted by molar-refractivity contribution is -0.384. The third-order valence-electron chi connectivity index (χ3n) is 2.19. The number of non-ortho nitro benzene ring substituents is 1. The highest BCUT2D eigenvalue weighted by Crippen LogP contribution is 2.23. The zero-order valence-electron chi connectivity index (χ0n) is 8.83. The second-order valence-corrected chi connectivity index (χ2v) is 3.48. The van der Waals surface area contributed by atoms with E-state index in [4.69, 9.17) is 0 Å². The molecule has 2 aromatic carbocycles. The van der Waals surface area contributed by atoms with Gasteiger partial charge in [-0.2, -0.15) is 0 Å². The van der Waals surface area contributed by atoms with Gasteiger partial charge in [-0.05, 0) is 18.2 Å². The fourth-order valence-electron chi connectivity index (χ4n) is 1.45. The smallest absolute Gasteiger partial charge is 0.271 e. The second kappa shape index (κ2) is 4.52. The number of nitrogens with zero attached hydrogens (tertiary/aromatic N) is 1. The molecule has 17 heavy (non-hydrogen) atoms. The Morgan fingerprint density at radius 1 is 1.06 bits per heavy atom. The molecule has 0 aliphatic rings. The Balaban J connectivity index is 2.24. The van der Waals surface area contributed by atoms with Crippen molar-refractivity contribution in [3.05, 3.63) is 58.6 Å². The molecule has 5 nitrogen and oxygen atoms in total. The highest BCUT2D eigenvalue weighted by Gasteiger charge is 2.05. The van der Waals surface area contributed by atoms with Crippen LogP contribution in [0, 0.1) is 10.1 Å². The van der Waals surface area contributed by atoms with E-state index in [9.17, 15) is 15.2 Å². The maximum atomic E-state index is 10.6. The monoisotopic (exact) mass is 230 g/mol. The van der Waals surface area contributed by atoms with E-state index in [-0.39, 0.29) is 11.4 Å². The van der Waals surface area contributed by atoms with Gasteiger partial charge in [0, 0.05) is 29.6 Å². The summed E-state index contributed by atoms with van der Waals surface area (Å²) in [6.45, 7) is 0. The van der Waals surface area contributed by atoms with E-state index in [1.54, 1.807) is 36.4 Å². The number of anilines is 2. The summed E-state index contributed by atoms with van der Waals surface area (Å²) in [6, 6.07) is 12.7. The highest BCUT2D eigenvalue weighted by molar-refractivity contribution is 5.63. The average Bonchev–Trinajstić information content (AvgIpc) is 2.29. The van der Waals surface area contributed by atoms with Gasteiger partial charge in [-0.3, -0.25) is 10.1 Å². The van der Waals surface area contributed by atoms with E-state index in [0.717, 1.165) is 0 Å². The van der Waals surface area contributed by atoms with Gasteiger partial charge in [0.25, 0.3) is 5.69 Å². The van der Waals surface area contributed by atoms with Crippen LogP contribution < -0.4 is 5.32 Å². The molecular weight excluding hydrogens is 220 g/mol. The van der Waals surface area contributed by atoms with Crippen molar-refractivity contribution in [3.8, 4) is 5.75 Å². The number of hydrogen-bond donors (Lipinski definition) is 2. The van der Waals surface area contributed by atoms with Crippen LogP contribution in [0.5, 0.6) is 5.75 Å². The van der Waals surface area contributed by atoms with Gasteiger partial charge >= 0.3 is 0 Å². The number of phenolic OH excluding ortho intramolecular Hbond substituents is 1. The lowest BCUT2D eigenvalue weighted by Crippen LogP contribution is -1.92. The van der Waals surface area contributed by atoms with Gasteiger partial charge in [0.1, 0.15) is 5.75 Å². The first kappa shape index (κ1) is 10.9. The molecule has 0 saturated carbocycles. The summed E-state index contributed by atoms with van der Waals surface area (Å²) in [4.78, 5) is 10.1. The molecule has 0 aliphatic carbocycles. The zero-order valence-corrected chi connectivity index (χ0v) is 8.83. The maximum Gasteiger partial charge on any atom is 0.271 e. The molecule has 2 aromatic rings. The largest absolute Gasteiger partial charge is 0.508 e. The molecule has 86 valence electrons. The number of hydrogen-bond acceptors (Lipinski definition) is 4.